The summed E-state index contributed by atoms with van der Waals surface area (Å²) in [5, 5.41) is 9.59. The molecule has 0 aliphatic heterocycles. The Kier molecular flexibility index (Phi) is 6.11. The molecule has 0 N–H and O–H groups in total. The van der Waals surface area contributed by atoms with Crippen LogP contribution < -0.4 is 4.74 Å². The van der Waals surface area contributed by atoms with Crippen LogP contribution in [0.5, 0.6) is 5.75 Å². The van der Waals surface area contributed by atoms with Gasteiger partial charge in [0.2, 0.25) is 0 Å². The summed E-state index contributed by atoms with van der Waals surface area (Å²) >= 11 is 3.44. The van der Waals surface area contributed by atoms with Gasteiger partial charge in [-0.1, -0.05) is 41.8 Å². The Balaban J connectivity index is 1.82. The first kappa shape index (κ1) is 16.4. The molecule has 0 atom stereocenters. The molecule has 0 aromatic heterocycles. The minimum absolute atomic E-state index is 0.156. The lowest BCUT2D eigenvalue weighted by Gasteiger charge is -2.34. The van der Waals surface area contributed by atoms with Crippen LogP contribution in [0.15, 0.2) is 28.7 Å². The molecule has 0 bridgehead atoms. The first-order chi connectivity index (χ1) is 10.2. The van der Waals surface area contributed by atoms with Crippen molar-refractivity contribution in [1.82, 2.24) is 0 Å². The molecule has 1 saturated carbocycles. The van der Waals surface area contributed by atoms with Gasteiger partial charge in [0.15, 0.2) is 0 Å². The van der Waals surface area contributed by atoms with Gasteiger partial charge in [0, 0.05) is 10.9 Å². The van der Waals surface area contributed by atoms with E-state index in [0.29, 0.717) is 6.61 Å². The van der Waals surface area contributed by atoms with Crippen molar-refractivity contribution in [1.29, 1.82) is 5.26 Å². The highest BCUT2D eigenvalue weighted by Crippen LogP contribution is 2.42. The molecule has 2 rings (SSSR count). The van der Waals surface area contributed by atoms with Crippen LogP contribution in [0.25, 0.3) is 0 Å². The van der Waals surface area contributed by atoms with E-state index in [1.807, 2.05) is 24.3 Å². The highest BCUT2D eigenvalue weighted by molar-refractivity contribution is 9.10. The number of nitrogens with zero attached hydrogens (tertiary/aromatic N) is 1. The molecular weight excluding hydrogens is 326 g/mol. The third-order valence-electron chi connectivity index (χ3n) is 4.64. The molecule has 0 radical (unpaired) electrons. The zero-order valence-corrected chi connectivity index (χ0v) is 14.4. The maximum absolute atomic E-state index is 9.59. The minimum Gasteiger partial charge on any atom is -0.493 e. The Hall–Kier alpha value is -1.01. The van der Waals surface area contributed by atoms with Gasteiger partial charge in [-0.2, -0.15) is 5.26 Å². The molecule has 0 unspecified atom stereocenters. The van der Waals surface area contributed by atoms with E-state index in [4.69, 9.17) is 4.74 Å². The molecule has 1 aliphatic carbocycles. The van der Waals surface area contributed by atoms with Crippen molar-refractivity contribution in [2.24, 2.45) is 11.3 Å². The Morgan fingerprint density at radius 2 is 2.14 bits per heavy atom. The third kappa shape index (κ3) is 4.74. The zero-order chi connectivity index (χ0) is 15.1. The highest BCUT2D eigenvalue weighted by Gasteiger charge is 2.35. The van der Waals surface area contributed by atoms with Crippen LogP contribution in [0, 0.1) is 22.7 Å². The van der Waals surface area contributed by atoms with Gasteiger partial charge in [-0.05, 0) is 49.8 Å². The van der Waals surface area contributed by atoms with Crippen LogP contribution in [-0.4, -0.2) is 6.61 Å². The minimum atomic E-state index is -0.156. The third-order valence-corrected chi connectivity index (χ3v) is 5.14. The van der Waals surface area contributed by atoms with Crippen LogP contribution in [0.1, 0.15) is 51.9 Å². The van der Waals surface area contributed by atoms with Crippen LogP contribution in [0.4, 0.5) is 0 Å². The van der Waals surface area contributed by atoms with Crippen molar-refractivity contribution >= 4 is 15.9 Å². The normalized spacial score (nSPS) is 25.3. The van der Waals surface area contributed by atoms with E-state index < -0.39 is 0 Å². The van der Waals surface area contributed by atoms with E-state index in [-0.39, 0.29) is 5.41 Å². The van der Waals surface area contributed by atoms with E-state index in [0.717, 1.165) is 35.4 Å². The summed E-state index contributed by atoms with van der Waals surface area (Å²) in [4.78, 5) is 0. The fourth-order valence-corrected chi connectivity index (χ4v) is 3.64. The second kappa shape index (κ2) is 7.84. The lowest BCUT2D eigenvalue weighted by Crippen LogP contribution is -2.28. The quantitative estimate of drug-likeness (QED) is 0.657. The second-order valence-corrected chi connectivity index (χ2v) is 7.10. The van der Waals surface area contributed by atoms with Crippen LogP contribution in [0.3, 0.4) is 0 Å². The summed E-state index contributed by atoms with van der Waals surface area (Å²) < 4.78 is 6.83. The van der Waals surface area contributed by atoms with Crippen LogP contribution in [0.2, 0.25) is 0 Å². The van der Waals surface area contributed by atoms with Gasteiger partial charge in [-0.25, -0.2) is 0 Å². The Morgan fingerprint density at radius 3 is 2.76 bits per heavy atom. The van der Waals surface area contributed by atoms with E-state index >= 15 is 0 Å². The Bertz CT molecular complexity index is 486. The molecule has 1 aromatic carbocycles. The largest absolute Gasteiger partial charge is 0.493 e. The molecule has 3 heteroatoms. The molecule has 1 aromatic rings. The number of hydrogen-bond donors (Lipinski definition) is 0. The number of nitriles is 1. The molecular formula is C18H24BrNO. The van der Waals surface area contributed by atoms with E-state index in [9.17, 15) is 5.26 Å². The molecule has 0 spiro atoms. The van der Waals surface area contributed by atoms with Gasteiger partial charge in [0.05, 0.1) is 18.1 Å². The van der Waals surface area contributed by atoms with Crippen molar-refractivity contribution in [2.45, 2.75) is 51.9 Å². The fourth-order valence-electron chi connectivity index (χ4n) is 3.27. The highest BCUT2D eigenvalue weighted by atomic mass is 79.9. The van der Waals surface area contributed by atoms with E-state index in [2.05, 4.69) is 28.9 Å². The fraction of sp³-hybridized carbons (Fsp3) is 0.611. The standard InChI is InChI=1S/C18H24BrNO/c1-2-4-15-7-9-18(14-20,10-8-15)11-12-21-17-6-3-5-16(19)13-17/h3,5-6,13,15H,2,4,7-12H2,1H3. The lowest BCUT2D eigenvalue weighted by atomic mass is 9.69. The average Bonchev–Trinajstić information content (AvgIpc) is 2.50. The van der Waals surface area contributed by atoms with Crippen molar-refractivity contribution in [3.8, 4) is 11.8 Å². The molecule has 21 heavy (non-hydrogen) atoms. The molecule has 2 nitrogen and oxygen atoms in total. The van der Waals surface area contributed by atoms with E-state index in [1.54, 1.807) is 0 Å². The molecule has 0 saturated heterocycles. The Labute approximate surface area is 136 Å². The summed E-state index contributed by atoms with van der Waals surface area (Å²) in [7, 11) is 0. The first-order valence-electron chi connectivity index (χ1n) is 7.97. The van der Waals surface area contributed by atoms with Gasteiger partial charge < -0.3 is 4.74 Å². The van der Waals surface area contributed by atoms with Crippen molar-refractivity contribution in [3.05, 3.63) is 28.7 Å². The van der Waals surface area contributed by atoms with Gasteiger partial charge in [0.1, 0.15) is 5.75 Å². The number of halogens is 1. The smallest absolute Gasteiger partial charge is 0.120 e. The number of hydrogen-bond acceptors (Lipinski definition) is 2. The number of benzene rings is 1. The lowest BCUT2D eigenvalue weighted by molar-refractivity contribution is 0.159. The summed E-state index contributed by atoms with van der Waals surface area (Å²) in [6.07, 6.45) is 7.91. The molecule has 1 fully saturated rings. The number of ether oxygens (including phenoxy) is 1. The van der Waals surface area contributed by atoms with Crippen molar-refractivity contribution < 1.29 is 4.74 Å². The summed E-state index contributed by atoms with van der Waals surface area (Å²) in [6.45, 7) is 2.88. The van der Waals surface area contributed by atoms with E-state index in [1.165, 1.54) is 25.7 Å². The van der Waals surface area contributed by atoms with Gasteiger partial charge in [-0.15, -0.1) is 0 Å². The van der Waals surface area contributed by atoms with Gasteiger partial charge in [-0.3, -0.25) is 0 Å². The topological polar surface area (TPSA) is 33.0 Å². The molecule has 1 aliphatic rings. The van der Waals surface area contributed by atoms with Crippen LogP contribution in [-0.2, 0) is 0 Å². The molecule has 0 heterocycles. The maximum Gasteiger partial charge on any atom is 0.120 e. The summed E-state index contributed by atoms with van der Waals surface area (Å²) in [5.41, 5.74) is -0.156. The van der Waals surface area contributed by atoms with Crippen molar-refractivity contribution in [3.63, 3.8) is 0 Å². The Morgan fingerprint density at radius 1 is 1.38 bits per heavy atom. The maximum atomic E-state index is 9.59. The summed E-state index contributed by atoms with van der Waals surface area (Å²) in [6, 6.07) is 10.5. The first-order valence-corrected chi connectivity index (χ1v) is 8.76. The van der Waals surface area contributed by atoms with Crippen molar-refractivity contribution in [2.75, 3.05) is 6.61 Å². The van der Waals surface area contributed by atoms with Crippen LogP contribution >= 0.6 is 15.9 Å². The zero-order valence-electron chi connectivity index (χ0n) is 12.8. The van der Waals surface area contributed by atoms with Gasteiger partial charge >= 0.3 is 0 Å². The van der Waals surface area contributed by atoms with Gasteiger partial charge in [0.25, 0.3) is 0 Å². The predicted octanol–water partition coefficient (Wildman–Crippen LogP) is 5.72. The number of rotatable bonds is 6. The second-order valence-electron chi connectivity index (χ2n) is 6.18. The SMILES string of the molecule is CCCC1CCC(C#N)(CCOc2cccc(Br)c2)CC1. The monoisotopic (exact) mass is 349 g/mol. The summed E-state index contributed by atoms with van der Waals surface area (Å²) in [5.74, 6) is 1.71. The molecule has 114 valence electrons. The molecule has 0 amide bonds. The predicted molar refractivity (Wildman–Crippen MR) is 89.2 cm³/mol. The average molecular weight is 350 g/mol.